The summed E-state index contributed by atoms with van der Waals surface area (Å²) >= 11 is 0. The lowest BCUT2D eigenvalue weighted by Crippen LogP contribution is -2.40. The van der Waals surface area contributed by atoms with Gasteiger partial charge in [0.25, 0.3) is 0 Å². The van der Waals surface area contributed by atoms with Crippen molar-refractivity contribution >= 4 is 10.0 Å². The number of rotatable bonds is 7. The Kier molecular flexibility index (Phi) is 5.41. The van der Waals surface area contributed by atoms with Crippen molar-refractivity contribution in [1.82, 2.24) is 10.0 Å². The Morgan fingerprint density at radius 2 is 2.05 bits per heavy atom. The second-order valence-corrected chi connectivity index (χ2v) is 7.66. The van der Waals surface area contributed by atoms with Gasteiger partial charge in [-0.15, -0.1) is 0 Å². The molecule has 2 N–H and O–H groups in total. The maximum Gasteiger partial charge on any atom is 0.241 e. The van der Waals surface area contributed by atoms with E-state index in [4.69, 9.17) is 0 Å². The fraction of sp³-hybridized carbons (Fsp3) is 0.625. The monoisotopic (exact) mass is 310 g/mol. The van der Waals surface area contributed by atoms with Crippen LogP contribution < -0.4 is 10.0 Å². The zero-order valence-corrected chi connectivity index (χ0v) is 14.0. The molecule has 2 rings (SSSR count). The molecule has 1 aliphatic rings. The molecule has 1 atom stereocenters. The molecule has 1 fully saturated rings. The lowest BCUT2D eigenvalue weighted by Gasteiger charge is -2.31. The van der Waals surface area contributed by atoms with Crippen molar-refractivity contribution in [2.75, 3.05) is 6.54 Å². The first kappa shape index (κ1) is 16.5. The fourth-order valence-electron chi connectivity index (χ4n) is 2.66. The molecule has 0 heterocycles. The number of aryl methyl sites for hydroxylation is 1. The number of hydrogen-bond donors (Lipinski definition) is 2. The summed E-state index contributed by atoms with van der Waals surface area (Å²) in [6.45, 7) is 7.41. The van der Waals surface area contributed by atoms with E-state index < -0.39 is 10.0 Å². The maximum atomic E-state index is 12.6. The van der Waals surface area contributed by atoms with Crippen molar-refractivity contribution in [3.63, 3.8) is 0 Å². The van der Waals surface area contributed by atoms with Gasteiger partial charge in [0.2, 0.25) is 10.0 Å². The first-order valence-corrected chi connectivity index (χ1v) is 9.25. The highest BCUT2D eigenvalue weighted by Crippen LogP contribution is 2.30. The molecule has 0 saturated heterocycles. The van der Waals surface area contributed by atoms with Gasteiger partial charge in [-0.2, -0.15) is 0 Å². The Morgan fingerprint density at radius 3 is 2.62 bits per heavy atom. The SMILES string of the molecule is CCNCc1ccc(C)c(S(=O)(=O)NC(C)C2CCC2)c1. The van der Waals surface area contributed by atoms with Gasteiger partial charge in [-0.1, -0.05) is 25.5 Å². The first-order valence-electron chi connectivity index (χ1n) is 7.76. The summed E-state index contributed by atoms with van der Waals surface area (Å²) in [5, 5.41) is 3.22. The lowest BCUT2D eigenvalue weighted by molar-refractivity contribution is 0.260. The van der Waals surface area contributed by atoms with E-state index >= 15 is 0 Å². The van der Waals surface area contributed by atoms with Gasteiger partial charge in [0.1, 0.15) is 0 Å². The Hall–Kier alpha value is -0.910. The van der Waals surface area contributed by atoms with Crippen molar-refractivity contribution in [2.45, 2.75) is 57.5 Å². The Balaban J connectivity index is 2.17. The summed E-state index contributed by atoms with van der Waals surface area (Å²) in [7, 11) is -3.44. The molecule has 0 amide bonds. The van der Waals surface area contributed by atoms with Crippen LogP contribution in [0.1, 0.15) is 44.2 Å². The molecule has 118 valence electrons. The van der Waals surface area contributed by atoms with E-state index in [0.29, 0.717) is 17.4 Å². The number of sulfonamides is 1. The minimum absolute atomic E-state index is 0.0144. The van der Waals surface area contributed by atoms with Crippen LogP contribution in [0.25, 0.3) is 0 Å². The summed E-state index contributed by atoms with van der Waals surface area (Å²) in [4.78, 5) is 0.407. The van der Waals surface area contributed by atoms with Gasteiger partial charge in [-0.3, -0.25) is 0 Å². The van der Waals surface area contributed by atoms with Crippen molar-refractivity contribution in [1.29, 1.82) is 0 Å². The van der Waals surface area contributed by atoms with Crippen molar-refractivity contribution in [2.24, 2.45) is 5.92 Å². The molecule has 5 heteroatoms. The molecule has 0 bridgehead atoms. The Labute approximate surface area is 128 Å². The van der Waals surface area contributed by atoms with Crippen LogP contribution in [0.2, 0.25) is 0 Å². The molecule has 4 nitrogen and oxygen atoms in total. The van der Waals surface area contributed by atoms with E-state index in [0.717, 1.165) is 30.5 Å². The van der Waals surface area contributed by atoms with Crippen molar-refractivity contribution < 1.29 is 8.42 Å². The number of hydrogen-bond acceptors (Lipinski definition) is 3. The Morgan fingerprint density at radius 1 is 1.33 bits per heavy atom. The summed E-state index contributed by atoms with van der Waals surface area (Å²) in [5.41, 5.74) is 1.79. The second-order valence-electron chi connectivity index (χ2n) is 5.98. The molecule has 0 radical (unpaired) electrons. The van der Waals surface area contributed by atoms with E-state index in [9.17, 15) is 8.42 Å². The highest BCUT2D eigenvalue weighted by molar-refractivity contribution is 7.89. The zero-order chi connectivity index (χ0) is 15.5. The number of nitrogens with one attached hydrogen (secondary N) is 2. The topological polar surface area (TPSA) is 58.2 Å². The van der Waals surface area contributed by atoms with Gasteiger partial charge in [-0.25, -0.2) is 13.1 Å². The van der Waals surface area contributed by atoms with E-state index in [1.54, 1.807) is 6.07 Å². The highest BCUT2D eigenvalue weighted by Gasteiger charge is 2.28. The standard InChI is InChI=1S/C16H26N2O2S/c1-4-17-11-14-9-8-12(2)16(10-14)21(19,20)18-13(3)15-6-5-7-15/h8-10,13,15,17-18H,4-7,11H2,1-3H3. The molecule has 0 aliphatic heterocycles. The first-order chi connectivity index (χ1) is 9.94. The van der Waals surface area contributed by atoms with E-state index in [-0.39, 0.29) is 6.04 Å². The molecular weight excluding hydrogens is 284 g/mol. The van der Waals surface area contributed by atoms with Gasteiger partial charge in [0, 0.05) is 12.6 Å². The van der Waals surface area contributed by atoms with Crippen LogP contribution in [-0.2, 0) is 16.6 Å². The number of benzene rings is 1. The van der Waals surface area contributed by atoms with Gasteiger partial charge >= 0.3 is 0 Å². The minimum Gasteiger partial charge on any atom is -0.313 e. The van der Waals surface area contributed by atoms with E-state index in [1.807, 2.05) is 32.9 Å². The summed E-state index contributed by atoms with van der Waals surface area (Å²) < 4.78 is 28.1. The molecule has 21 heavy (non-hydrogen) atoms. The molecule has 1 aromatic rings. The van der Waals surface area contributed by atoms with Crippen molar-refractivity contribution in [3.05, 3.63) is 29.3 Å². The third-order valence-electron chi connectivity index (χ3n) is 4.32. The molecule has 1 unspecified atom stereocenters. The second kappa shape index (κ2) is 6.90. The van der Waals surface area contributed by atoms with Gasteiger partial charge in [0.05, 0.1) is 4.90 Å². The van der Waals surface area contributed by atoms with E-state index in [2.05, 4.69) is 10.0 Å². The largest absolute Gasteiger partial charge is 0.313 e. The fourth-order valence-corrected chi connectivity index (χ4v) is 4.26. The predicted octanol–water partition coefficient (Wildman–Crippen LogP) is 2.57. The average Bonchev–Trinajstić information content (AvgIpc) is 2.34. The lowest BCUT2D eigenvalue weighted by atomic mass is 9.81. The van der Waals surface area contributed by atoms with Crippen LogP contribution in [0.15, 0.2) is 23.1 Å². The third-order valence-corrected chi connectivity index (χ3v) is 6.02. The van der Waals surface area contributed by atoms with Crippen LogP contribution in [0.5, 0.6) is 0 Å². The van der Waals surface area contributed by atoms with Crippen LogP contribution in [0.3, 0.4) is 0 Å². The van der Waals surface area contributed by atoms with Crippen LogP contribution in [0, 0.1) is 12.8 Å². The zero-order valence-electron chi connectivity index (χ0n) is 13.1. The highest BCUT2D eigenvalue weighted by atomic mass is 32.2. The average molecular weight is 310 g/mol. The van der Waals surface area contributed by atoms with Crippen LogP contribution >= 0.6 is 0 Å². The van der Waals surface area contributed by atoms with Crippen LogP contribution in [-0.4, -0.2) is 21.0 Å². The van der Waals surface area contributed by atoms with Crippen molar-refractivity contribution in [3.8, 4) is 0 Å². The quantitative estimate of drug-likeness (QED) is 0.814. The molecular formula is C16H26N2O2S. The Bertz CT molecular complexity index is 580. The van der Waals surface area contributed by atoms with Gasteiger partial charge < -0.3 is 5.32 Å². The molecule has 1 aromatic carbocycles. The summed E-state index contributed by atoms with van der Waals surface area (Å²) in [6.07, 6.45) is 3.47. The van der Waals surface area contributed by atoms with E-state index in [1.165, 1.54) is 6.42 Å². The molecule has 1 aliphatic carbocycles. The molecule has 0 aromatic heterocycles. The smallest absolute Gasteiger partial charge is 0.241 e. The summed E-state index contributed by atoms with van der Waals surface area (Å²) in [5.74, 6) is 0.491. The maximum absolute atomic E-state index is 12.6. The normalized spacial score (nSPS) is 17.5. The van der Waals surface area contributed by atoms with Gasteiger partial charge in [-0.05, 0) is 56.3 Å². The summed E-state index contributed by atoms with van der Waals surface area (Å²) in [6, 6.07) is 5.66. The van der Waals surface area contributed by atoms with Crippen LogP contribution in [0.4, 0.5) is 0 Å². The molecule has 0 spiro atoms. The minimum atomic E-state index is -3.44. The van der Waals surface area contributed by atoms with Gasteiger partial charge in [0.15, 0.2) is 0 Å². The molecule has 1 saturated carbocycles. The third kappa shape index (κ3) is 4.05. The predicted molar refractivity (Wildman–Crippen MR) is 85.7 cm³/mol.